The Hall–Kier alpha value is -1.54. The number of nitrogens with zero attached hydrogens (tertiary/aromatic N) is 4. The molecule has 0 aromatic carbocycles. The number of piperazine rings is 1. The van der Waals surface area contributed by atoms with Crippen molar-refractivity contribution in [2.45, 2.75) is 12.6 Å². The molecule has 1 N–H and O–H groups in total. The maximum Gasteiger partial charge on any atom is 0.185 e. The molecule has 0 spiro atoms. The van der Waals surface area contributed by atoms with Gasteiger partial charge in [-0.1, -0.05) is 6.07 Å². The highest BCUT2D eigenvalue weighted by Crippen LogP contribution is 2.28. The van der Waals surface area contributed by atoms with Gasteiger partial charge < -0.3 is 15.0 Å². The molecule has 0 bridgehead atoms. The number of morpholine rings is 1. The molecular weight excluding hydrogens is 322 g/mol. The second-order valence-electron chi connectivity index (χ2n) is 6.19. The average molecular weight is 345 g/mol. The lowest BCUT2D eigenvalue weighted by molar-refractivity contribution is 0.122. The summed E-state index contributed by atoms with van der Waals surface area (Å²) >= 11 is 1.81. The van der Waals surface area contributed by atoms with Crippen molar-refractivity contribution in [3.05, 3.63) is 41.2 Å². The van der Waals surface area contributed by atoms with Gasteiger partial charge in [0.05, 0.1) is 13.2 Å². The van der Waals surface area contributed by atoms with Crippen LogP contribution in [0.3, 0.4) is 0 Å². The molecule has 0 amide bonds. The molecule has 6 nitrogen and oxygen atoms in total. The van der Waals surface area contributed by atoms with Gasteiger partial charge in [0.1, 0.15) is 0 Å². The summed E-state index contributed by atoms with van der Waals surface area (Å²) in [5, 5.41) is 4.63. The van der Waals surface area contributed by atoms with Crippen molar-refractivity contribution in [2.75, 3.05) is 50.8 Å². The van der Waals surface area contributed by atoms with Crippen molar-refractivity contribution in [3.63, 3.8) is 0 Å². The summed E-state index contributed by atoms with van der Waals surface area (Å²) in [6.07, 6.45) is 5.86. The lowest BCUT2D eigenvalue weighted by Crippen LogP contribution is -2.45. The van der Waals surface area contributed by atoms with Crippen LogP contribution in [0, 0.1) is 0 Å². The number of rotatable bonds is 4. The van der Waals surface area contributed by atoms with Gasteiger partial charge in [0.2, 0.25) is 0 Å². The molecule has 0 saturated carbocycles. The minimum atomic E-state index is 0.376. The molecule has 0 radical (unpaired) electrons. The summed E-state index contributed by atoms with van der Waals surface area (Å²) in [5.74, 6) is 0. The van der Waals surface area contributed by atoms with E-state index in [1.807, 2.05) is 36.0 Å². The fourth-order valence-corrected chi connectivity index (χ4v) is 4.30. The van der Waals surface area contributed by atoms with Crippen LogP contribution in [0.25, 0.3) is 0 Å². The van der Waals surface area contributed by atoms with Gasteiger partial charge in [-0.05, 0) is 11.6 Å². The summed E-state index contributed by atoms with van der Waals surface area (Å²) in [6.45, 7) is 7.49. The zero-order chi connectivity index (χ0) is 16.2. The van der Waals surface area contributed by atoms with Crippen LogP contribution >= 0.6 is 11.3 Å². The molecule has 1 atom stereocenters. The number of aromatic nitrogens is 2. The Morgan fingerprint density at radius 1 is 1.25 bits per heavy atom. The Morgan fingerprint density at radius 3 is 3.00 bits per heavy atom. The molecule has 2 aliphatic rings. The molecule has 128 valence electrons. The van der Waals surface area contributed by atoms with E-state index in [1.54, 1.807) is 0 Å². The SMILES string of the molecule is c1cncc(C2CNCCN2Cc2cnc(N3CCOCC3)s2)c1. The van der Waals surface area contributed by atoms with E-state index in [4.69, 9.17) is 4.74 Å². The van der Waals surface area contributed by atoms with Crippen molar-refractivity contribution < 1.29 is 4.74 Å². The smallest absolute Gasteiger partial charge is 0.185 e. The molecule has 2 aromatic rings. The van der Waals surface area contributed by atoms with Crippen molar-refractivity contribution in [1.82, 2.24) is 20.2 Å². The standard InChI is InChI=1S/C17H23N5OS/c1-2-14(10-18-3-1)16-12-19-4-5-22(16)13-15-11-20-17(24-15)21-6-8-23-9-7-21/h1-3,10-11,16,19H,4-9,12-13H2. The van der Waals surface area contributed by atoms with E-state index in [9.17, 15) is 0 Å². The van der Waals surface area contributed by atoms with Gasteiger partial charge in [-0.2, -0.15) is 0 Å². The summed E-state index contributed by atoms with van der Waals surface area (Å²) in [4.78, 5) is 15.1. The molecule has 7 heteroatoms. The lowest BCUT2D eigenvalue weighted by atomic mass is 10.1. The first-order valence-electron chi connectivity index (χ1n) is 8.52. The maximum atomic E-state index is 5.43. The van der Waals surface area contributed by atoms with Crippen molar-refractivity contribution in [3.8, 4) is 0 Å². The van der Waals surface area contributed by atoms with Crippen LogP contribution in [-0.2, 0) is 11.3 Å². The van der Waals surface area contributed by atoms with Gasteiger partial charge in [-0.15, -0.1) is 11.3 Å². The van der Waals surface area contributed by atoms with E-state index < -0.39 is 0 Å². The van der Waals surface area contributed by atoms with Crippen LogP contribution in [0.4, 0.5) is 5.13 Å². The third kappa shape index (κ3) is 3.59. The Labute approximate surface area is 146 Å². The third-order valence-corrected chi connectivity index (χ3v) is 5.65. The van der Waals surface area contributed by atoms with Gasteiger partial charge in [0.25, 0.3) is 0 Å². The first kappa shape index (κ1) is 16.0. The lowest BCUT2D eigenvalue weighted by Gasteiger charge is -2.36. The number of pyridine rings is 1. The van der Waals surface area contributed by atoms with Gasteiger partial charge in [0.15, 0.2) is 5.13 Å². The quantitative estimate of drug-likeness (QED) is 0.907. The summed E-state index contributed by atoms with van der Waals surface area (Å²) < 4.78 is 5.43. The Bertz CT molecular complexity index is 643. The second kappa shape index (κ2) is 7.57. The molecule has 4 rings (SSSR count). The van der Waals surface area contributed by atoms with Gasteiger partial charge in [-0.25, -0.2) is 4.98 Å². The summed E-state index contributed by atoms with van der Waals surface area (Å²) in [5.41, 5.74) is 1.28. The van der Waals surface area contributed by atoms with E-state index in [1.165, 1.54) is 10.4 Å². The van der Waals surface area contributed by atoms with Crippen LogP contribution in [0.5, 0.6) is 0 Å². The van der Waals surface area contributed by atoms with Gasteiger partial charge in [0, 0.05) is 68.8 Å². The third-order valence-electron chi connectivity index (χ3n) is 4.61. The van der Waals surface area contributed by atoms with E-state index in [0.29, 0.717) is 6.04 Å². The van der Waals surface area contributed by atoms with E-state index >= 15 is 0 Å². The number of hydrogen-bond donors (Lipinski definition) is 1. The number of hydrogen-bond acceptors (Lipinski definition) is 7. The van der Waals surface area contributed by atoms with Gasteiger partial charge in [-0.3, -0.25) is 9.88 Å². The fourth-order valence-electron chi connectivity index (χ4n) is 3.31. The average Bonchev–Trinajstić information content (AvgIpc) is 3.12. The Balaban J connectivity index is 1.46. The number of thiazole rings is 1. The molecule has 2 aromatic heterocycles. The van der Waals surface area contributed by atoms with E-state index in [-0.39, 0.29) is 0 Å². The highest BCUT2D eigenvalue weighted by atomic mass is 32.1. The topological polar surface area (TPSA) is 53.5 Å². The first-order chi connectivity index (χ1) is 11.9. The maximum absolute atomic E-state index is 5.43. The molecule has 4 heterocycles. The molecule has 1 unspecified atom stereocenters. The molecule has 2 saturated heterocycles. The van der Waals surface area contributed by atoms with Crippen LogP contribution in [-0.4, -0.2) is 60.8 Å². The highest BCUT2D eigenvalue weighted by Gasteiger charge is 2.25. The van der Waals surface area contributed by atoms with E-state index in [2.05, 4.69) is 31.2 Å². The van der Waals surface area contributed by atoms with Crippen LogP contribution < -0.4 is 10.2 Å². The molecule has 2 fully saturated rings. The predicted octanol–water partition coefficient (Wildman–Crippen LogP) is 1.52. The van der Waals surface area contributed by atoms with Crippen LogP contribution in [0.2, 0.25) is 0 Å². The molecule has 2 aliphatic heterocycles. The molecular formula is C17H23N5OS. The minimum absolute atomic E-state index is 0.376. The summed E-state index contributed by atoms with van der Waals surface area (Å²) in [7, 11) is 0. The number of ether oxygens (including phenoxy) is 1. The number of nitrogens with one attached hydrogen (secondary N) is 1. The van der Waals surface area contributed by atoms with Crippen LogP contribution in [0.15, 0.2) is 30.7 Å². The van der Waals surface area contributed by atoms with Crippen LogP contribution in [0.1, 0.15) is 16.5 Å². The molecule has 0 aliphatic carbocycles. The van der Waals surface area contributed by atoms with Crippen molar-refractivity contribution >= 4 is 16.5 Å². The predicted molar refractivity (Wildman–Crippen MR) is 95.4 cm³/mol. The Kier molecular flexibility index (Phi) is 5.03. The van der Waals surface area contributed by atoms with Crippen molar-refractivity contribution in [2.24, 2.45) is 0 Å². The van der Waals surface area contributed by atoms with Crippen molar-refractivity contribution in [1.29, 1.82) is 0 Å². The highest BCUT2D eigenvalue weighted by molar-refractivity contribution is 7.15. The van der Waals surface area contributed by atoms with E-state index in [0.717, 1.165) is 57.6 Å². The zero-order valence-electron chi connectivity index (χ0n) is 13.7. The minimum Gasteiger partial charge on any atom is -0.378 e. The zero-order valence-corrected chi connectivity index (χ0v) is 14.5. The summed E-state index contributed by atoms with van der Waals surface area (Å²) in [6, 6.07) is 4.57. The first-order valence-corrected chi connectivity index (χ1v) is 9.34. The van der Waals surface area contributed by atoms with Gasteiger partial charge >= 0.3 is 0 Å². The monoisotopic (exact) mass is 345 g/mol. The number of anilines is 1. The largest absolute Gasteiger partial charge is 0.378 e. The Morgan fingerprint density at radius 2 is 2.17 bits per heavy atom. The molecule has 24 heavy (non-hydrogen) atoms. The normalized spacial score (nSPS) is 22.7. The fraction of sp³-hybridized carbons (Fsp3) is 0.529. The second-order valence-corrected chi connectivity index (χ2v) is 7.28.